The van der Waals surface area contributed by atoms with Crippen molar-refractivity contribution in [3.63, 3.8) is 0 Å². The molecule has 0 aliphatic heterocycles. The van der Waals surface area contributed by atoms with Crippen molar-refractivity contribution >= 4 is 26.0 Å². The van der Waals surface area contributed by atoms with E-state index < -0.39 is 27.0 Å². The summed E-state index contributed by atoms with van der Waals surface area (Å²) >= 11 is 3.00. The standard InChI is InChI=1S/C7H7BrF2N2O2S/c8-3-5-1-4(7(9)10)2-6(12-5)15(11,13)14/h1-2,7H,3H2,(H2,11,13,14). The van der Waals surface area contributed by atoms with E-state index in [-0.39, 0.29) is 11.0 Å². The smallest absolute Gasteiger partial charge is 0.239 e. The molecule has 0 unspecified atom stereocenters. The summed E-state index contributed by atoms with van der Waals surface area (Å²) in [7, 11) is -4.06. The van der Waals surface area contributed by atoms with Gasteiger partial charge in [0.05, 0.1) is 5.69 Å². The third-order valence-corrected chi connectivity index (χ3v) is 2.92. The van der Waals surface area contributed by atoms with Gasteiger partial charge < -0.3 is 0 Å². The highest BCUT2D eigenvalue weighted by molar-refractivity contribution is 9.08. The quantitative estimate of drug-likeness (QED) is 0.861. The Balaban J connectivity index is 3.36. The molecule has 0 fully saturated rings. The lowest BCUT2D eigenvalue weighted by Gasteiger charge is -2.05. The molecule has 0 aliphatic carbocycles. The second-order valence-corrected chi connectivity index (χ2v) is 4.78. The van der Waals surface area contributed by atoms with Crippen molar-refractivity contribution in [2.45, 2.75) is 16.8 Å². The Labute approximate surface area is 93.7 Å². The number of alkyl halides is 3. The van der Waals surface area contributed by atoms with Crippen LogP contribution < -0.4 is 5.14 Å². The summed E-state index contributed by atoms with van der Waals surface area (Å²) in [6, 6.07) is 1.89. The van der Waals surface area contributed by atoms with Crippen LogP contribution in [0.3, 0.4) is 0 Å². The van der Waals surface area contributed by atoms with Gasteiger partial charge in [0.1, 0.15) is 0 Å². The van der Waals surface area contributed by atoms with Crippen molar-refractivity contribution in [1.29, 1.82) is 0 Å². The molecule has 0 atom stereocenters. The molecule has 0 bridgehead atoms. The van der Waals surface area contributed by atoms with Crippen LogP contribution in [0.4, 0.5) is 8.78 Å². The maximum atomic E-state index is 12.4. The second kappa shape index (κ2) is 4.50. The van der Waals surface area contributed by atoms with Crippen LogP contribution in [0.2, 0.25) is 0 Å². The maximum absolute atomic E-state index is 12.4. The maximum Gasteiger partial charge on any atom is 0.264 e. The largest absolute Gasteiger partial charge is 0.264 e. The zero-order valence-electron chi connectivity index (χ0n) is 7.32. The van der Waals surface area contributed by atoms with Crippen molar-refractivity contribution in [2.24, 2.45) is 5.14 Å². The Bertz CT molecular complexity index is 464. The first kappa shape index (κ1) is 12.5. The topological polar surface area (TPSA) is 73.1 Å². The number of pyridine rings is 1. The predicted molar refractivity (Wildman–Crippen MR) is 53.2 cm³/mol. The van der Waals surface area contributed by atoms with Crippen molar-refractivity contribution < 1.29 is 17.2 Å². The highest BCUT2D eigenvalue weighted by Crippen LogP contribution is 2.22. The van der Waals surface area contributed by atoms with E-state index in [1.165, 1.54) is 0 Å². The Morgan fingerprint density at radius 2 is 2.07 bits per heavy atom. The molecule has 1 aromatic rings. The van der Waals surface area contributed by atoms with Crippen LogP contribution in [-0.2, 0) is 15.4 Å². The van der Waals surface area contributed by atoms with Gasteiger partial charge in [0, 0.05) is 10.9 Å². The molecule has 0 saturated carbocycles. The number of rotatable bonds is 3. The highest BCUT2D eigenvalue weighted by Gasteiger charge is 2.16. The number of nitrogens with zero attached hydrogens (tertiary/aromatic N) is 1. The van der Waals surface area contributed by atoms with Crippen molar-refractivity contribution in [2.75, 3.05) is 0 Å². The van der Waals surface area contributed by atoms with Gasteiger partial charge in [0.2, 0.25) is 0 Å². The average molecular weight is 301 g/mol. The van der Waals surface area contributed by atoms with E-state index >= 15 is 0 Å². The number of primary sulfonamides is 1. The Hall–Kier alpha value is -0.600. The van der Waals surface area contributed by atoms with Gasteiger partial charge in [0.25, 0.3) is 16.4 Å². The van der Waals surface area contributed by atoms with E-state index in [1.54, 1.807) is 0 Å². The van der Waals surface area contributed by atoms with Crippen molar-refractivity contribution in [3.8, 4) is 0 Å². The molecule has 15 heavy (non-hydrogen) atoms. The van der Waals surface area contributed by atoms with Crippen LogP contribution >= 0.6 is 15.9 Å². The second-order valence-electron chi connectivity index (χ2n) is 2.71. The minimum Gasteiger partial charge on any atom is -0.239 e. The van der Waals surface area contributed by atoms with Crippen LogP contribution in [0, 0.1) is 0 Å². The minimum absolute atomic E-state index is 0.177. The zero-order chi connectivity index (χ0) is 11.6. The summed E-state index contributed by atoms with van der Waals surface area (Å²) in [6.07, 6.45) is -2.76. The number of aromatic nitrogens is 1. The van der Waals surface area contributed by atoms with Crippen molar-refractivity contribution in [1.82, 2.24) is 4.98 Å². The minimum atomic E-state index is -4.06. The van der Waals surface area contributed by atoms with Gasteiger partial charge in [-0.25, -0.2) is 27.3 Å². The number of sulfonamides is 1. The molecule has 0 aliphatic rings. The lowest BCUT2D eigenvalue weighted by molar-refractivity contribution is 0.151. The summed E-state index contributed by atoms with van der Waals surface area (Å²) in [5.74, 6) is 0. The van der Waals surface area contributed by atoms with E-state index in [1.807, 2.05) is 0 Å². The zero-order valence-corrected chi connectivity index (χ0v) is 9.72. The van der Waals surface area contributed by atoms with E-state index in [0.717, 1.165) is 12.1 Å². The van der Waals surface area contributed by atoms with Gasteiger partial charge in [-0.05, 0) is 12.1 Å². The number of hydrogen-bond donors (Lipinski definition) is 1. The molecule has 0 amide bonds. The van der Waals surface area contributed by atoms with E-state index in [2.05, 4.69) is 20.9 Å². The van der Waals surface area contributed by atoms with Gasteiger partial charge >= 0.3 is 0 Å². The highest BCUT2D eigenvalue weighted by atomic mass is 79.9. The molecule has 8 heteroatoms. The predicted octanol–water partition coefficient (Wildman–Crippen LogP) is 1.56. The molecular weight excluding hydrogens is 294 g/mol. The SMILES string of the molecule is NS(=O)(=O)c1cc(C(F)F)cc(CBr)n1. The normalized spacial score (nSPS) is 12.1. The van der Waals surface area contributed by atoms with Crippen LogP contribution in [0.25, 0.3) is 0 Å². The molecule has 4 nitrogen and oxygen atoms in total. The fraction of sp³-hybridized carbons (Fsp3) is 0.286. The Kier molecular flexibility index (Phi) is 3.74. The fourth-order valence-electron chi connectivity index (χ4n) is 0.923. The molecule has 0 spiro atoms. The van der Waals surface area contributed by atoms with Gasteiger partial charge in [-0.15, -0.1) is 0 Å². The van der Waals surface area contributed by atoms with Crippen LogP contribution in [-0.4, -0.2) is 13.4 Å². The van der Waals surface area contributed by atoms with Crippen LogP contribution in [0.1, 0.15) is 17.7 Å². The molecule has 1 rings (SSSR count). The third-order valence-electron chi connectivity index (χ3n) is 1.56. The van der Waals surface area contributed by atoms with Gasteiger partial charge in [0.15, 0.2) is 5.03 Å². The Morgan fingerprint density at radius 1 is 1.47 bits per heavy atom. The average Bonchev–Trinajstić information content (AvgIpc) is 2.15. The Morgan fingerprint density at radius 3 is 2.47 bits per heavy atom. The van der Waals surface area contributed by atoms with Gasteiger partial charge in [-0.1, -0.05) is 15.9 Å². The monoisotopic (exact) mass is 300 g/mol. The first-order chi connectivity index (χ1) is 6.84. The van der Waals surface area contributed by atoms with Crippen molar-refractivity contribution in [3.05, 3.63) is 23.4 Å². The number of nitrogens with two attached hydrogens (primary N) is 1. The molecule has 1 aromatic heterocycles. The van der Waals surface area contributed by atoms with Gasteiger partial charge in [-0.2, -0.15) is 0 Å². The molecule has 0 radical (unpaired) electrons. The summed E-state index contributed by atoms with van der Waals surface area (Å²) in [5.41, 5.74) is -0.222. The van der Waals surface area contributed by atoms with Gasteiger partial charge in [-0.3, -0.25) is 0 Å². The molecular formula is C7H7BrF2N2O2S. The fourth-order valence-corrected chi connectivity index (χ4v) is 1.76. The van der Waals surface area contributed by atoms with Crippen LogP contribution in [0.15, 0.2) is 17.2 Å². The first-order valence-electron chi connectivity index (χ1n) is 3.72. The summed E-state index contributed by atoms with van der Waals surface area (Å²) in [4.78, 5) is 3.61. The molecule has 0 saturated heterocycles. The lowest BCUT2D eigenvalue weighted by Crippen LogP contribution is -2.15. The summed E-state index contributed by atoms with van der Waals surface area (Å²) < 4.78 is 46.6. The summed E-state index contributed by atoms with van der Waals surface area (Å²) in [6.45, 7) is 0. The van der Waals surface area contributed by atoms with Crippen LogP contribution in [0.5, 0.6) is 0 Å². The van der Waals surface area contributed by atoms with E-state index in [0.29, 0.717) is 0 Å². The number of halogens is 3. The molecule has 0 aromatic carbocycles. The number of hydrogen-bond acceptors (Lipinski definition) is 3. The summed E-state index contributed by atoms with van der Waals surface area (Å²) in [5, 5.41) is 4.43. The first-order valence-corrected chi connectivity index (χ1v) is 6.39. The van der Waals surface area contributed by atoms with E-state index in [9.17, 15) is 17.2 Å². The molecule has 2 N–H and O–H groups in total. The third kappa shape index (κ3) is 3.18. The van der Waals surface area contributed by atoms with E-state index in [4.69, 9.17) is 5.14 Å². The molecule has 84 valence electrons. The molecule has 1 heterocycles. The lowest BCUT2D eigenvalue weighted by atomic mass is 10.2.